The molecule has 1 heterocycles. The van der Waals surface area contributed by atoms with Gasteiger partial charge in [-0.2, -0.15) is 5.10 Å². The van der Waals surface area contributed by atoms with E-state index in [1.54, 1.807) is 11.7 Å². The van der Waals surface area contributed by atoms with Crippen LogP contribution in [0, 0.1) is 5.41 Å². The van der Waals surface area contributed by atoms with Gasteiger partial charge in [0.05, 0.1) is 36.4 Å². The second kappa shape index (κ2) is 5.79. The molecule has 0 spiro atoms. The Balaban J connectivity index is 2.05. The summed E-state index contributed by atoms with van der Waals surface area (Å²) in [7, 11) is -0.186. The molecule has 0 unspecified atom stereocenters. The van der Waals surface area contributed by atoms with Crippen molar-refractivity contribution in [1.29, 1.82) is 0 Å². The van der Waals surface area contributed by atoms with Gasteiger partial charge in [-0.05, 0) is 30.7 Å². The molecule has 1 aliphatic carbocycles. The highest BCUT2D eigenvalue weighted by Gasteiger charge is 2.47. The molecule has 1 aliphatic rings. The second-order valence-corrected chi connectivity index (χ2v) is 7.95. The molecule has 0 N–H and O–H groups in total. The van der Waals surface area contributed by atoms with Crippen molar-refractivity contribution >= 4 is 15.8 Å². The van der Waals surface area contributed by atoms with Crippen molar-refractivity contribution in [3.63, 3.8) is 0 Å². The summed E-state index contributed by atoms with van der Waals surface area (Å²) in [6.07, 6.45) is 2.51. The summed E-state index contributed by atoms with van der Waals surface area (Å²) in [5, 5.41) is 4.27. The summed E-state index contributed by atoms with van der Waals surface area (Å²) < 4.78 is 31.0. The van der Waals surface area contributed by atoms with Crippen LogP contribution in [0.4, 0.5) is 0 Å². The number of esters is 1. The number of hydrogen-bond acceptors (Lipinski definition) is 5. The number of carbonyl (C=O) groups is 1. The summed E-state index contributed by atoms with van der Waals surface area (Å²) in [5.41, 5.74) is 1.18. The van der Waals surface area contributed by atoms with Gasteiger partial charge in [0, 0.05) is 7.05 Å². The summed E-state index contributed by atoms with van der Waals surface area (Å²) in [6, 6.07) is 1.83. The average molecular weight is 314 g/mol. The molecule has 0 bridgehead atoms. The van der Waals surface area contributed by atoms with Gasteiger partial charge in [-0.3, -0.25) is 9.48 Å². The van der Waals surface area contributed by atoms with Crippen molar-refractivity contribution < 1.29 is 17.9 Å². The highest BCUT2D eigenvalue weighted by Crippen LogP contribution is 2.50. The average Bonchev–Trinajstić information content (AvgIpc) is 3.04. The van der Waals surface area contributed by atoms with Crippen LogP contribution in [0.3, 0.4) is 0 Å². The predicted octanol–water partition coefficient (Wildman–Crippen LogP) is 1.24. The lowest BCUT2D eigenvalue weighted by Crippen LogP contribution is -2.23. The smallest absolute Gasteiger partial charge is 0.306 e. The molecule has 0 aromatic carbocycles. The van der Waals surface area contributed by atoms with Crippen LogP contribution in [0.1, 0.15) is 37.6 Å². The molecule has 1 aromatic heterocycles. The van der Waals surface area contributed by atoms with E-state index in [0.29, 0.717) is 5.69 Å². The zero-order valence-corrected chi connectivity index (χ0v) is 13.6. The van der Waals surface area contributed by atoms with Crippen molar-refractivity contribution in [3.8, 4) is 0 Å². The highest BCUT2D eigenvalue weighted by atomic mass is 32.2. The van der Waals surface area contributed by atoms with Gasteiger partial charge >= 0.3 is 5.97 Å². The van der Waals surface area contributed by atoms with Crippen LogP contribution in [0.25, 0.3) is 0 Å². The maximum atomic E-state index is 12.4. The standard InChI is InChI=1S/C14H22N2O4S/c1-4-11-7-12(16(2)15-11)9-21(18,19)10-14(5-6-14)8-13(17)20-3/h7H,4-6,8-10H2,1-3H3. The molecule has 21 heavy (non-hydrogen) atoms. The molecule has 1 saturated carbocycles. The number of ether oxygens (including phenoxy) is 1. The fraction of sp³-hybridized carbons (Fsp3) is 0.714. The van der Waals surface area contributed by atoms with Crippen molar-refractivity contribution in [1.82, 2.24) is 9.78 Å². The lowest BCUT2D eigenvalue weighted by Gasteiger charge is -2.14. The summed E-state index contributed by atoms with van der Waals surface area (Å²) >= 11 is 0. The van der Waals surface area contributed by atoms with Crippen LogP contribution in [0.15, 0.2) is 6.07 Å². The van der Waals surface area contributed by atoms with Crippen LogP contribution in [0.5, 0.6) is 0 Å². The number of nitrogens with zero attached hydrogens (tertiary/aromatic N) is 2. The largest absolute Gasteiger partial charge is 0.469 e. The number of methoxy groups -OCH3 is 1. The number of hydrogen-bond donors (Lipinski definition) is 0. The van der Waals surface area contributed by atoms with E-state index in [1.807, 2.05) is 13.0 Å². The molecular formula is C14H22N2O4S. The molecule has 0 aliphatic heterocycles. The van der Waals surface area contributed by atoms with Crippen molar-refractivity contribution in [3.05, 3.63) is 17.5 Å². The van der Waals surface area contributed by atoms with Gasteiger partial charge in [0.1, 0.15) is 0 Å². The zero-order chi connectivity index (χ0) is 15.7. The third kappa shape index (κ3) is 4.06. The second-order valence-electron chi connectivity index (χ2n) is 5.89. The lowest BCUT2D eigenvalue weighted by atomic mass is 10.1. The molecule has 0 amide bonds. The van der Waals surface area contributed by atoms with E-state index in [9.17, 15) is 13.2 Å². The van der Waals surface area contributed by atoms with E-state index in [2.05, 4.69) is 9.84 Å². The van der Waals surface area contributed by atoms with Gasteiger partial charge in [0.2, 0.25) is 0 Å². The molecule has 0 saturated heterocycles. The Morgan fingerprint density at radius 3 is 2.62 bits per heavy atom. The number of aromatic nitrogens is 2. The first-order chi connectivity index (χ1) is 9.79. The van der Waals surface area contributed by atoms with Gasteiger partial charge in [0.15, 0.2) is 9.84 Å². The minimum absolute atomic E-state index is 0.0284. The number of sulfone groups is 1. The van der Waals surface area contributed by atoms with E-state index in [4.69, 9.17) is 0 Å². The van der Waals surface area contributed by atoms with Crippen molar-refractivity contribution in [2.45, 2.75) is 38.4 Å². The van der Waals surface area contributed by atoms with Crippen LogP contribution < -0.4 is 0 Å². The Kier molecular flexibility index (Phi) is 4.41. The Morgan fingerprint density at radius 2 is 2.14 bits per heavy atom. The normalized spacial score (nSPS) is 16.7. The Morgan fingerprint density at radius 1 is 1.48 bits per heavy atom. The molecule has 0 atom stereocenters. The molecule has 7 heteroatoms. The van der Waals surface area contributed by atoms with E-state index in [-0.39, 0.29) is 23.9 Å². The fourth-order valence-electron chi connectivity index (χ4n) is 2.55. The number of aryl methyl sites for hydroxylation is 2. The van der Waals surface area contributed by atoms with Crippen LogP contribution >= 0.6 is 0 Å². The van der Waals surface area contributed by atoms with Crippen LogP contribution in [-0.4, -0.2) is 37.0 Å². The van der Waals surface area contributed by atoms with E-state index in [1.165, 1.54) is 7.11 Å². The van der Waals surface area contributed by atoms with Gasteiger partial charge in [-0.1, -0.05) is 6.92 Å². The third-order valence-corrected chi connectivity index (χ3v) is 5.78. The molecule has 1 fully saturated rings. The Bertz CT molecular complexity index is 629. The van der Waals surface area contributed by atoms with Gasteiger partial charge < -0.3 is 4.74 Å². The number of rotatable bonds is 7. The monoisotopic (exact) mass is 314 g/mol. The molecular weight excluding hydrogens is 292 g/mol. The molecule has 1 aromatic rings. The molecule has 6 nitrogen and oxygen atoms in total. The zero-order valence-electron chi connectivity index (χ0n) is 12.8. The Labute approximate surface area is 125 Å². The SMILES string of the molecule is CCc1cc(CS(=O)(=O)CC2(CC(=O)OC)CC2)n(C)n1. The molecule has 118 valence electrons. The first-order valence-corrected chi connectivity index (χ1v) is 8.90. The quantitative estimate of drug-likeness (QED) is 0.708. The molecule has 2 rings (SSSR count). The highest BCUT2D eigenvalue weighted by molar-refractivity contribution is 7.90. The van der Waals surface area contributed by atoms with E-state index in [0.717, 1.165) is 25.0 Å². The van der Waals surface area contributed by atoms with Gasteiger partial charge in [-0.15, -0.1) is 0 Å². The van der Waals surface area contributed by atoms with E-state index >= 15 is 0 Å². The first-order valence-electron chi connectivity index (χ1n) is 7.08. The topological polar surface area (TPSA) is 78.3 Å². The fourth-order valence-corrected chi connectivity index (χ4v) is 4.70. The van der Waals surface area contributed by atoms with E-state index < -0.39 is 15.3 Å². The minimum atomic E-state index is -3.27. The van der Waals surface area contributed by atoms with Crippen LogP contribution in [-0.2, 0) is 38.6 Å². The van der Waals surface area contributed by atoms with Gasteiger partial charge in [-0.25, -0.2) is 8.42 Å². The van der Waals surface area contributed by atoms with Crippen molar-refractivity contribution in [2.75, 3.05) is 12.9 Å². The minimum Gasteiger partial charge on any atom is -0.469 e. The maximum absolute atomic E-state index is 12.4. The summed E-state index contributed by atoms with van der Waals surface area (Å²) in [6.45, 7) is 1.98. The maximum Gasteiger partial charge on any atom is 0.306 e. The van der Waals surface area contributed by atoms with Crippen molar-refractivity contribution in [2.24, 2.45) is 12.5 Å². The molecule has 0 radical (unpaired) electrons. The van der Waals surface area contributed by atoms with Crippen LogP contribution in [0.2, 0.25) is 0 Å². The lowest BCUT2D eigenvalue weighted by molar-refractivity contribution is -0.141. The Hall–Kier alpha value is -1.37. The predicted molar refractivity (Wildman–Crippen MR) is 78.4 cm³/mol. The van der Waals surface area contributed by atoms with Gasteiger partial charge in [0.25, 0.3) is 0 Å². The first kappa shape index (κ1) is 16.0. The number of carbonyl (C=O) groups excluding carboxylic acids is 1. The third-order valence-electron chi connectivity index (χ3n) is 3.99. The summed E-state index contributed by atoms with van der Waals surface area (Å²) in [5.74, 6) is -0.322. The summed E-state index contributed by atoms with van der Waals surface area (Å²) in [4.78, 5) is 11.4.